The average Bonchev–Trinajstić information content (AvgIpc) is 2.97. The van der Waals surface area contributed by atoms with Crippen molar-refractivity contribution in [1.29, 1.82) is 0 Å². The van der Waals surface area contributed by atoms with Gasteiger partial charge in [-0.2, -0.15) is 0 Å². The highest BCUT2D eigenvalue weighted by Crippen LogP contribution is 2.50. The van der Waals surface area contributed by atoms with Crippen LogP contribution in [0.25, 0.3) is 0 Å². The fraction of sp³-hybridized carbons (Fsp3) is 0.250. The van der Waals surface area contributed by atoms with Crippen molar-refractivity contribution in [3.8, 4) is 11.5 Å². The first-order valence-electron chi connectivity index (χ1n) is 7.31. The Morgan fingerprint density at radius 2 is 1.83 bits per heavy atom. The average molecular weight is 332 g/mol. The van der Waals surface area contributed by atoms with Crippen LogP contribution >= 0.6 is 7.60 Å². The number of benzene rings is 2. The number of ether oxygens (including phenoxy) is 1. The van der Waals surface area contributed by atoms with E-state index < -0.39 is 7.60 Å². The Hall–Kier alpha value is -1.59. The molecule has 3 rings (SSSR count). The van der Waals surface area contributed by atoms with Crippen LogP contribution in [-0.2, 0) is 18.3 Å². The number of rotatable bonds is 6. The van der Waals surface area contributed by atoms with Crippen LogP contribution in [0.5, 0.6) is 11.5 Å². The van der Waals surface area contributed by atoms with E-state index in [9.17, 15) is 4.57 Å². The van der Waals surface area contributed by atoms with Crippen molar-refractivity contribution in [2.45, 2.75) is 6.10 Å². The van der Waals surface area contributed by atoms with E-state index in [1.165, 1.54) is 14.2 Å². The predicted octanol–water partition coefficient (Wildman–Crippen LogP) is 3.01. The van der Waals surface area contributed by atoms with E-state index in [-0.39, 0.29) is 12.3 Å². The Balaban J connectivity index is 1.76. The summed E-state index contributed by atoms with van der Waals surface area (Å²) in [6.07, 6.45) is -0.0900. The SMILES string of the molecule is COP(=O)(CC1OBc2cc(Oc3ccccc3)ccc21)OC. The quantitative estimate of drug-likeness (QED) is 0.601. The van der Waals surface area contributed by atoms with Gasteiger partial charge in [0.25, 0.3) is 0 Å². The van der Waals surface area contributed by atoms with Gasteiger partial charge in [0.2, 0.25) is 0 Å². The molecule has 0 aromatic heterocycles. The highest BCUT2D eigenvalue weighted by molar-refractivity contribution is 7.53. The van der Waals surface area contributed by atoms with E-state index in [0.29, 0.717) is 7.48 Å². The molecule has 0 N–H and O–H groups in total. The van der Waals surface area contributed by atoms with Gasteiger partial charge < -0.3 is 18.4 Å². The lowest BCUT2D eigenvalue weighted by molar-refractivity contribution is 0.225. The normalized spacial score (nSPS) is 16.7. The van der Waals surface area contributed by atoms with E-state index >= 15 is 0 Å². The van der Waals surface area contributed by atoms with Crippen molar-refractivity contribution in [3.05, 3.63) is 54.1 Å². The molecule has 2 aromatic carbocycles. The molecule has 1 heterocycles. The zero-order chi connectivity index (χ0) is 16.3. The van der Waals surface area contributed by atoms with E-state index in [0.717, 1.165) is 22.5 Å². The van der Waals surface area contributed by atoms with Gasteiger partial charge in [-0.05, 0) is 35.3 Å². The predicted molar refractivity (Wildman–Crippen MR) is 90.1 cm³/mol. The van der Waals surface area contributed by atoms with Crippen molar-refractivity contribution >= 4 is 20.5 Å². The van der Waals surface area contributed by atoms with Crippen LogP contribution < -0.4 is 10.2 Å². The van der Waals surface area contributed by atoms with Crippen molar-refractivity contribution in [1.82, 2.24) is 0 Å². The molecule has 0 aliphatic carbocycles. The van der Waals surface area contributed by atoms with Crippen LogP contribution in [0.1, 0.15) is 11.7 Å². The highest BCUT2D eigenvalue weighted by Gasteiger charge is 2.33. The van der Waals surface area contributed by atoms with Gasteiger partial charge in [0.15, 0.2) is 0 Å². The summed E-state index contributed by atoms with van der Waals surface area (Å²) in [5.41, 5.74) is 2.03. The van der Waals surface area contributed by atoms with Gasteiger partial charge in [0.1, 0.15) is 11.5 Å². The molecule has 0 fully saturated rings. The summed E-state index contributed by atoms with van der Waals surface area (Å²) >= 11 is 0. The molecule has 7 heteroatoms. The Morgan fingerprint density at radius 3 is 2.52 bits per heavy atom. The summed E-state index contributed by atoms with van der Waals surface area (Å²) in [4.78, 5) is 0. The molecule has 1 aliphatic rings. The van der Waals surface area contributed by atoms with Gasteiger partial charge in [0, 0.05) is 14.2 Å². The number of hydrogen-bond acceptors (Lipinski definition) is 5. The van der Waals surface area contributed by atoms with Gasteiger partial charge in [-0.25, -0.2) is 0 Å². The van der Waals surface area contributed by atoms with E-state index in [2.05, 4.69) is 0 Å². The van der Waals surface area contributed by atoms with Crippen LogP contribution in [0.4, 0.5) is 0 Å². The molecule has 1 atom stereocenters. The fourth-order valence-corrected chi connectivity index (χ4v) is 3.72. The molecule has 0 amide bonds. The number of fused-ring (bicyclic) bond motifs is 1. The second-order valence-corrected chi connectivity index (χ2v) is 7.55. The summed E-state index contributed by atoms with van der Waals surface area (Å²) in [6, 6.07) is 15.4. The molecular weight excluding hydrogens is 314 g/mol. The van der Waals surface area contributed by atoms with Crippen LogP contribution in [0.3, 0.4) is 0 Å². The second-order valence-electron chi connectivity index (χ2n) is 5.23. The monoisotopic (exact) mass is 332 g/mol. The van der Waals surface area contributed by atoms with Crippen LogP contribution in [0, 0.1) is 0 Å². The first-order valence-corrected chi connectivity index (χ1v) is 9.04. The largest absolute Gasteiger partial charge is 0.457 e. The minimum Gasteiger partial charge on any atom is -0.457 e. The van der Waals surface area contributed by atoms with E-state index in [4.69, 9.17) is 18.4 Å². The maximum atomic E-state index is 12.3. The maximum Gasteiger partial charge on any atom is 0.333 e. The minimum absolute atomic E-state index is 0.200. The molecule has 0 spiro atoms. The first-order chi connectivity index (χ1) is 11.1. The van der Waals surface area contributed by atoms with E-state index in [1.54, 1.807) is 0 Å². The molecule has 0 radical (unpaired) electrons. The first kappa shape index (κ1) is 16.3. The van der Waals surface area contributed by atoms with Crippen molar-refractivity contribution in [2.75, 3.05) is 20.4 Å². The Kier molecular flexibility index (Phi) is 4.88. The third kappa shape index (κ3) is 3.67. The molecule has 1 unspecified atom stereocenters. The zero-order valence-electron chi connectivity index (χ0n) is 13.1. The molecular formula is C16H18BO5P. The molecule has 5 nitrogen and oxygen atoms in total. The number of para-hydroxylation sites is 1. The lowest BCUT2D eigenvalue weighted by Gasteiger charge is -2.19. The third-order valence-electron chi connectivity index (χ3n) is 3.83. The van der Waals surface area contributed by atoms with E-state index in [1.807, 2.05) is 48.5 Å². The summed E-state index contributed by atoms with van der Waals surface area (Å²) in [6.45, 7) is 0. The van der Waals surface area contributed by atoms with Crippen molar-refractivity contribution in [2.24, 2.45) is 0 Å². The zero-order valence-corrected chi connectivity index (χ0v) is 14.0. The maximum absolute atomic E-state index is 12.3. The molecule has 1 aliphatic heterocycles. The Bertz CT molecular complexity index is 714. The fourth-order valence-electron chi connectivity index (χ4n) is 2.57. The standard InChI is InChI=1S/C16H18BO5P/c1-19-23(18,20-2)11-16-14-9-8-13(10-15(14)17-22-16)21-12-6-4-3-5-7-12/h3-10,16-17H,11H2,1-2H3. The molecule has 0 saturated carbocycles. The number of hydrogen-bond donors (Lipinski definition) is 0. The Labute approximate surface area is 136 Å². The van der Waals surface area contributed by atoms with Crippen LogP contribution in [0.2, 0.25) is 0 Å². The van der Waals surface area contributed by atoms with Crippen LogP contribution in [0.15, 0.2) is 48.5 Å². The minimum atomic E-state index is -3.11. The van der Waals surface area contributed by atoms with Gasteiger partial charge in [0.05, 0.1) is 12.3 Å². The second kappa shape index (κ2) is 6.89. The van der Waals surface area contributed by atoms with Gasteiger partial charge in [-0.1, -0.05) is 24.3 Å². The highest BCUT2D eigenvalue weighted by atomic mass is 31.2. The summed E-state index contributed by atoms with van der Waals surface area (Å²) < 4.78 is 33.8. The lowest BCUT2D eigenvalue weighted by Crippen LogP contribution is -2.11. The molecule has 120 valence electrons. The summed E-state index contributed by atoms with van der Waals surface area (Å²) in [7, 11) is 0.121. The smallest absolute Gasteiger partial charge is 0.333 e. The third-order valence-corrected chi connectivity index (χ3v) is 5.72. The van der Waals surface area contributed by atoms with Crippen LogP contribution in [-0.4, -0.2) is 27.9 Å². The molecule has 0 saturated heterocycles. The Morgan fingerprint density at radius 1 is 1.09 bits per heavy atom. The molecule has 23 heavy (non-hydrogen) atoms. The van der Waals surface area contributed by atoms with Gasteiger partial charge in [-0.15, -0.1) is 0 Å². The topological polar surface area (TPSA) is 54.0 Å². The van der Waals surface area contributed by atoms with Crippen molar-refractivity contribution < 1.29 is 23.0 Å². The molecule has 0 bridgehead atoms. The van der Waals surface area contributed by atoms with Crippen molar-refractivity contribution in [3.63, 3.8) is 0 Å². The molecule has 2 aromatic rings. The summed E-state index contributed by atoms with van der Waals surface area (Å²) in [5, 5.41) is 0. The lowest BCUT2D eigenvalue weighted by atomic mass is 9.86. The van der Waals surface area contributed by atoms with Gasteiger partial charge in [-0.3, -0.25) is 4.57 Å². The summed E-state index contributed by atoms with van der Waals surface area (Å²) in [5.74, 6) is 1.53. The van der Waals surface area contributed by atoms with Gasteiger partial charge >= 0.3 is 15.1 Å².